The number of esters is 1. The van der Waals surface area contributed by atoms with Crippen LogP contribution >= 0.6 is 0 Å². The number of aromatic nitrogens is 2. The molecule has 0 atom stereocenters. The minimum atomic E-state index is -6.13. The van der Waals surface area contributed by atoms with Crippen molar-refractivity contribution in [3.05, 3.63) is 188 Å². The van der Waals surface area contributed by atoms with Crippen molar-refractivity contribution in [1.29, 1.82) is 0 Å². The predicted molar refractivity (Wildman–Crippen MR) is 223 cm³/mol. The Hall–Kier alpha value is -7.90. The van der Waals surface area contributed by atoms with Crippen molar-refractivity contribution in [3.8, 4) is 0 Å². The molecule has 8 nitrogen and oxygen atoms in total. The zero-order valence-corrected chi connectivity index (χ0v) is 38.0. The smallest absolute Gasteiger partial charge is 0.395 e. The van der Waals surface area contributed by atoms with Crippen LogP contribution in [-0.2, 0) is 60.7 Å². The number of ether oxygens (including phenoxy) is 1. The maximum atomic E-state index is 14.2. The fraction of sp³-hybridized carbons (Fsp3) is 0.217. The van der Waals surface area contributed by atoms with Crippen molar-refractivity contribution in [2.45, 2.75) is 56.0 Å². The van der Waals surface area contributed by atoms with E-state index in [0.717, 1.165) is 0 Å². The van der Waals surface area contributed by atoms with E-state index >= 15 is 0 Å². The summed E-state index contributed by atoms with van der Waals surface area (Å²) in [6.45, 7) is -0.916. The van der Waals surface area contributed by atoms with Crippen LogP contribution in [0.5, 0.6) is 0 Å². The quantitative estimate of drug-likeness (QED) is 0.0198. The summed E-state index contributed by atoms with van der Waals surface area (Å²) in [5.41, 5.74) is -29.8. The van der Waals surface area contributed by atoms with Gasteiger partial charge in [0.2, 0.25) is 24.2 Å². The molecule has 6 rings (SSSR count). The van der Waals surface area contributed by atoms with Crippen LogP contribution in [0, 0.1) is 10.1 Å². The third-order valence-corrected chi connectivity index (χ3v) is 11.1. The largest absolute Gasteiger partial charge is 0.416 e. The number of hydrogen-bond donors (Lipinski definition) is 0. The Kier molecular flexibility index (Phi) is 17.0. The molecule has 1 heterocycles. The first-order valence-electron chi connectivity index (χ1n) is 20.9. The number of nitro groups is 1. The molecular weight excluding hydrogens is 1140 g/mol. The SMILES string of the molecule is FC(F)(F)c1cc([B-](c2cc(C(F)(F)F)cc(C(F)(F)F)c2)(c2cc(C(F)(F)F)cc(C(F)(F)F)c2)c2cc(C(F)(F)F)cc(C(F)(F)F)c2)cc(C(F)(F)F)c1.O=C(C[n+]1ccnc(C(=O)OC[N+](=O)[O-])c1)c1ccccc1. The highest BCUT2D eigenvalue weighted by Gasteiger charge is 2.47. The molecule has 0 fully saturated rings. The van der Waals surface area contributed by atoms with Gasteiger partial charge in [-0.05, 0) is 24.3 Å². The minimum absolute atomic E-state index is 0.0159. The van der Waals surface area contributed by atoms with Crippen LogP contribution in [-0.4, -0.2) is 34.5 Å². The summed E-state index contributed by atoms with van der Waals surface area (Å²) in [6.07, 6.45) is -50.7. The summed E-state index contributed by atoms with van der Waals surface area (Å²) in [4.78, 5) is 36.8. The molecule has 0 aliphatic heterocycles. The molecule has 0 saturated carbocycles. The summed E-state index contributed by atoms with van der Waals surface area (Å²) in [5, 5.41) is 10.2. The third kappa shape index (κ3) is 15.0. The number of Topliss-reactive ketones (excluding diaryl/α,β-unsaturated/α-hetero) is 1. The second-order valence-corrected chi connectivity index (χ2v) is 16.5. The number of alkyl halides is 24. The van der Waals surface area contributed by atoms with Crippen LogP contribution in [0.1, 0.15) is 65.4 Å². The number of rotatable bonds is 10. The van der Waals surface area contributed by atoms with Gasteiger partial charge in [-0.15, -0.1) is 0 Å². The first-order valence-corrected chi connectivity index (χ1v) is 20.9. The van der Waals surface area contributed by atoms with Gasteiger partial charge in [-0.3, -0.25) is 14.9 Å². The zero-order valence-electron chi connectivity index (χ0n) is 38.0. The number of carbonyl (C=O) groups excluding carboxylic acids is 2. The van der Waals surface area contributed by atoms with Crippen LogP contribution in [0.2, 0.25) is 0 Å². The molecule has 0 aliphatic carbocycles. The van der Waals surface area contributed by atoms with Crippen LogP contribution < -0.4 is 26.4 Å². The first-order chi connectivity index (χ1) is 35.8. The molecule has 0 unspecified atom stereocenters. The second-order valence-electron chi connectivity index (χ2n) is 16.5. The third-order valence-electron chi connectivity index (χ3n) is 11.1. The van der Waals surface area contributed by atoms with Crippen molar-refractivity contribution < 1.29 is 129 Å². The minimum Gasteiger partial charge on any atom is -0.395 e. The average molecular weight is 1170 g/mol. The maximum Gasteiger partial charge on any atom is 0.416 e. The Bertz CT molecular complexity index is 2800. The number of hydrogen-bond acceptors (Lipinski definition) is 6. The Morgan fingerprint density at radius 1 is 0.468 bits per heavy atom. The van der Waals surface area contributed by atoms with Crippen molar-refractivity contribution in [2.75, 3.05) is 6.73 Å². The van der Waals surface area contributed by atoms with Crippen molar-refractivity contribution >= 4 is 39.7 Å². The highest BCUT2D eigenvalue weighted by atomic mass is 19.4. The number of halogens is 24. The van der Waals surface area contributed by atoms with Crippen molar-refractivity contribution in [3.63, 3.8) is 0 Å². The van der Waals surface area contributed by atoms with E-state index in [1.165, 1.54) is 23.2 Å². The van der Waals surface area contributed by atoms with Gasteiger partial charge in [0, 0.05) is 5.56 Å². The molecule has 6 aromatic rings. The molecule has 0 saturated heterocycles. The van der Waals surface area contributed by atoms with Crippen LogP contribution in [0.15, 0.2) is 122 Å². The molecule has 5 aromatic carbocycles. The molecule has 0 aliphatic rings. The van der Waals surface area contributed by atoms with Gasteiger partial charge in [0.25, 0.3) is 0 Å². The molecule has 1 aromatic heterocycles. The van der Waals surface area contributed by atoms with Crippen molar-refractivity contribution in [2.24, 2.45) is 0 Å². The van der Waals surface area contributed by atoms with E-state index in [1.807, 2.05) is 0 Å². The van der Waals surface area contributed by atoms with E-state index in [0.29, 0.717) is 5.56 Å². The lowest BCUT2D eigenvalue weighted by atomic mass is 9.12. The van der Waals surface area contributed by atoms with Gasteiger partial charge < -0.3 is 4.74 Å². The summed E-state index contributed by atoms with van der Waals surface area (Å²) < 4.78 is 347. The monoisotopic (exact) mass is 1170 g/mol. The maximum absolute atomic E-state index is 14.2. The van der Waals surface area contributed by atoms with Gasteiger partial charge in [-0.25, -0.2) is 9.78 Å². The number of benzene rings is 5. The summed E-state index contributed by atoms with van der Waals surface area (Å²) in [5.74, 6) is -1.06. The molecule has 0 spiro atoms. The molecule has 79 heavy (non-hydrogen) atoms. The molecular formula is C46H24BF24N3O5. The molecule has 0 radical (unpaired) electrons. The lowest BCUT2D eigenvalue weighted by Gasteiger charge is -2.46. The highest BCUT2D eigenvalue weighted by Crippen LogP contribution is 2.41. The van der Waals surface area contributed by atoms with Gasteiger partial charge in [0.1, 0.15) is 6.15 Å². The Morgan fingerprint density at radius 2 is 0.747 bits per heavy atom. The fourth-order valence-corrected chi connectivity index (χ4v) is 7.77. The molecule has 0 bridgehead atoms. The Balaban J connectivity index is 0.000000433. The second kappa shape index (κ2) is 21.7. The van der Waals surface area contributed by atoms with E-state index < -0.39 is 212 Å². The van der Waals surface area contributed by atoms with Crippen LogP contribution in [0.25, 0.3) is 0 Å². The van der Waals surface area contributed by atoms with E-state index in [4.69, 9.17) is 0 Å². The number of carbonyl (C=O) groups is 2. The molecule has 33 heteroatoms. The van der Waals surface area contributed by atoms with Gasteiger partial charge in [-0.2, -0.15) is 132 Å². The summed E-state index contributed by atoms with van der Waals surface area (Å²) in [6, 6.07) is -0.114. The average Bonchev–Trinajstić information content (AvgIpc) is 3.35. The van der Waals surface area contributed by atoms with Crippen LogP contribution in [0.3, 0.4) is 0 Å². The van der Waals surface area contributed by atoms with Gasteiger partial charge >= 0.3 is 62.1 Å². The Morgan fingerprint density at radius 3 is 1.00 bits per heavy atom. The fourth-order valence-electron chi connectivity index (χ4n) is 7.77. The van der Waals surface area contributed by atoms with E-state index in [-0.39, 0.29) is 18.0 Å². The first kappa shape index (κ1) is 62.0. The lowest BCUT2D eigenvalue weighted by Crippen LogP contribution is -2.75. The Labute approximate surface area is 423 Å². The van der Waals surface area contributed by atoms with Gasteiger partial charge in [-0.1, -0.05) is 78.9 Å². The lowest BCUT2D eigenvalue weighted by molar-refractivity contribution is -0.683. The number of ketones is 1. The van der Waals surface area contributed by atoms with Gasteiger partial charge in [0.15, 0.2) is 6.20 Å². The van der Waals surface area contributed by atoms with E-state index in [1.54, 1.807) is 30.3 Å². The zero-order chi connectivity index (χ0) is 59.9. The predicted octanol–water partition coefficient (Wildman–Crippen LogP) is 11.9. The van der Waals surface area contributed by atoms with Crippen LogP contribution in [0.4, 0.5) is 105 Å². The number of nitrogens with zero attached hydrogens (tertiary/aromatic N) is 3. The van der Waals surface area contributed by atoms with E-state index in [9.17, 15) is 125 Å². The highest BCUT2D eigenvalue weighted by molar-refractivity contribution is 7.20. The topological polar surface area (TPSA) is 103 Å². The van der Waals surface area contributed by atoms with E-state index in [2.05, 4.69) is 9.72 Å². The molecule has 0 N–H and O–H groups in total. The normalized spacial score (nSPS) is 13.1. The molecule has 0 amide bonds. The van der Waals surface area contributed by atoms with Gasteiger partial charge in [0.05, 0.1) is 55.6 Å². The molecule has 424 valence electrons. The summed E-state index contributed by atoms with van der Waals surface area (Å²) >= 11 is 0. The summed E-state index contributed by atoms with van der Waals surface area (Å²) in [7, 11) is 0. The standard InChI is InChI=1S/C32H12BF24.C14H12N3O5/c34-25(35,36)13-1-14(26(37,38)39)6-21(5-13)33(22-7-15(27(40,41)42)2-16(8-22)28(43,44)45,23-9-17(29(46,47)48)3-18(10-23)30(49,50)51)24-11-19(31(52,53)54)4-20(12-24)32(55,56)57;18-13(11-4-2-1-3-5-11)9-16-7-6-15-12(8-16)14(19)22-10-17(20)21/h1-12H;1-8H,9-10H2/q-1;+1. The van der Waals surface area contributed by atoms with Crippen molar-refractivity contribution in [1.82, 2.24) is 4.98 Å².